The minimum Gasteiger partial charge on any atom is -0.316 e. The van der Waals surface area contributed by atoms with Crippen LogP contribution in [0.4, 0.5) is 0 Å². The number of hydrogen-bond donors (Lipinski definition) is 1. The van der Waals surface area contributed by atoms with Crippen molar-refractivity contribution < 1.29 is 0 Å². The first-order valence-corrected chi connectivity index (χ1v) is 4.41. The van der Waals surface area contributed by atoms with Crippen LogP contribution in [0.25, 0.3) is 0 Å². The van der Waals surface area contributed by atoms with Crippen molar-refractivity contribution in [3.05, 3.63) is 0 Å². The molecular formula is C9H16N2. The molecule has 2 heteroatoms. The average Bonchev–Trinajstić information content (AvgIpc) is 2.04. The van der Waals surface area contributed by atoms with Gasteiger partial charge in [-0.2, -0.15) is 5.26 Å². The monoisotopic (exact) mass is 152 g/mol. The molecule has 0 aromatic carbocycles. The number of nitriles is 1. The molecule has 1 saturated carbocycles. The summed E-state index contributed by atoms with van der Waals surface area (Å²) in [7, 11) is 0. The van der Waals surface area contributed by atoms with Crippen LogP contribution < -0.4 is 5.73 Å². The van der Waals surface area contributed by atoms with E-state index in [2.05, 4.69) is 13.0 Å². The third kappa shape index (κ3) is 1.94. The molecular weight excluding hydrogens is 136 g/mol. The molecule has 2 N–H and O–H groups in total. The molecule has 0 radical (unpaired) electrons. The molecule has 0 spiro atoms. The molecule has 0 aromatic rings. The van der Waals surface area contributed by atoms with E-state index in [0.29, 0.717) is 11.8 Å². The molecule has 1 rings (SSSR count). The van der Waals surface area contributed by atoms with Crippen LogP contribution in [0.5, 0.6) is 0 Å². The van der Waals surface area contributed by atoms with Gasteiger partial charge in [-0.15, -0.1) is 0 Å². The lowest BCUT2D eigenvalue weighted by Gasteiger charge is -2.29. The summed E-state index contributed by atoms with van der Waals surface area (Å²) in [5, 5.41) is 8.63. The van der Waals surface area contributed by atoms with Gasteiger partial charge in [0.1, 0.15) is 0 Å². The second kappa shape index (κ2) is 3.73. The fraction of sp³-hybridized carbons (Fsp3) is 0.889. The Morgan fingerprint density at radius 2 is 2.09 bits per heavy atom. The van der Waals surface area contributed by atoms with Crippen molar-refractivity contribution in [1.82, 2.24) is 0 Å². The van der Waals surface area contributed by atoms with Gasteiger partial charge in [-0.05, 0) is 18.3 Å². The highest BCUT2D eigenvalue weighted by Crippen LogP contribution is 2.30. The summed E-state index contributed by atoms with van der Waals surface area (Å²) in [6.45, 7) is 2.21. The minimum atomic E-state index is -0.231. The molecule has 1 fully saturated rings. The van der Waals surface area contributed by atoms with E-state index in [1.165, 1.54) is 19.3 Å². The van der Waals surface area contributed by atoms with Crippen molar-refractivity contribution in [3.63, 3.8) is 0 Å². The van der Waals surface area contributed by atoms with Crippen molar-refractivity contribution in [2.24, 2.45) is 17.6 Å². The highest BCUT2D eigenvalue weighted by molar-refractivity contribution is 4.94. The third-order valence-corrected chi connectivity index (χ3v) is 2.79. The first-order valence-electron chi connectivity index (χ1n) is 4.41. The van der Waals surface area contributed by atoms with Crippen LogP contribution in [0.3, 0.4) is 0 Å². The van der Waals surface area contributed by atoms with Crippen LogP contribution in [0.2, 0.25) is 0 Å². The maximum absolute atomic E-state index is 8.63. The average molecular weight is 152 g/mol. The van der Waals surface area contributed by atoms with Gasteiger partial charge in [-0.3, -0.25) is 0 Å². The highest BCUT2D eigenvalue weighted by Gasteiger charge is 2.26. The summed E-state index contributed by atoms with van der Waals surface area (Å²) in [5.41, 5.74) is 5.68. The van der Waals surface area contributed by atoms with Crippen molar-refractivity contribution in [1.29, 1.82) is 5.26 Å². The first-order chi connectivity index (χ1) is 5.25. The fourth-order valence-electron chi connectivity index (χ4n) is 1.97. The number of rotatable bonds is 1. The first kappa shape index (κ1) is 8.55. The summed E-state index contributed by atoms with van der Waals surface area (Å²) in [6, 6.07) is 1.91. The highest BCUT2D eigenvalue weighted by atomic mass is 14.7. The van der Waals surface area contributed by atoms with Gasteiger partial charge < -0.3 is 5.73 Å². The molecule has 0 aromatic heterocycles. The Morgan fingerprint density at radius 1 is 1.45 bits per heavy atom. The van der Waals surface area contributed by atoms with E-state index in [4.69, 9.17) is 11.0 Å². The van der Waals surface area contributed by atoms with E-state index >= 15 is 0 Å². The molecule has 2 nitrogen and oxygen atoms in total. The van der Waals surface area contributed by atoms with E-state index in [1.807, 2.05) is 0 Å². The predicted octanol–water partition coefficient (Wildman–Crippen LogP) is 1.66. The maximum Gasteiger partial charge on any atom is 0.0959 e. The molecule has 0 aliphatic heterocycles. The largest absolute Gasteiger partial charge is 0.316 e. The summed E-state index contributed by atoms with van der Waals surface area (Å²) in [5.74, 6) is 1.10. The number of nitrogens with zero attached hydrogens (tertiary/aromatic N) is 1. The molecule has 1 aliphatic carbocycles. The Balaban J connectivity index is 2.48. The van der Waals surface area contributed by atoms with Crippen molar-refractivity contribution >= 4 is 0 Å². The quantitative estimate of drug-likeness (QED) is 0.621. The molecule has 62 valence electrons. The lowest BCUT2D eigenvalue weighted by atomic mass is 9.77. The lowest BCUT2D eigenvalue weighted by Crippen LogP contribution is -2.34. The van der Waals surface area contributed by atoms with Gasteiger partial charge in [0, 0.05) is 0 Å². The number of nitrogens with two attached hydrogens (primary N) is 1. The second-order valence-corrected chi connectivity index (χ2v) is 3.58. The molecule has 0 heterocycles. The molecule has 0 saturated heterocycles. The summed E-state index contributed by atoms with van der Waals surface area (Å²) in [6.07, 6.45) is 4.97. The van der Waals surface area contributed by atoms with Gasteiger partial charge in [0.15, 0.2) is 0 Å². The Bertz CT molecular complexity index is 159. The van der Waals surface area contributed by atoms with E-state index in [9.17, 15) is 0 Å². The van der Waals surface area contributed by atoms with E-state index in [0.717, 1.165) is 6.42 Å². The lowest BCUT2D eigenvalue weighted by molar-refractivity contribution is 0.240. The normalized spacial score (nSPS) is 34.3. The maximum atomic E-state index is 8.63. The van der Waals surface area contributed by atoms with Gasteiger partial charge in [0.25, 0.3) is 0 Å². The zero-order valence-corrected chi connectivity index (χ0v) is 7.09. The van der Waals surface area contributed by atoms with Gasteiger partial charge >= 0.3 is 0 Å². The van der Waals surface area contributed by atoms with Crippen LogP contribution in [-0.2, 0) is 0 Å². The fourth-order valence-corrected chi connectivity index (χ4v) is 1.97. The van der Waals surface area contributed by atoms with Crippen LogP contribution in [0.1, 0.15) is 32.6 Å². The smallest absolute Gasteiger partial charge is 0.0959 e. The summed E-state index contributed by atoms with van der Waals surface area (Å²) in [4.78, 5) is 0. The van der Waals surface area contributed by atoms with Crippen LogP contribution in [0, 0.1) is 23.2 Å². The van der Waals surface area contributed by atoms with Crippen LogP contribution >= 0.6 is 0 Å². The van der Waals surface area contributed by atoms with Gasteiger partial charge in [-0.1, -0.05) is 26.2 Å². The minimum absolute atomic E-state index is 0.231. The van der Waals surface area contributed by atoms with Gasteiger partial charge in [-0.25, -0.2) is 0 Å². The second-order valence-electron chi connectivity index (χ2n) is 3.58. The van der Waals surface area contributed by atoms with Crippen LogP contribution in [0.15, 0.2) is 0 Å². The third-order valence-electron chi connectivity index (χ3n) is 2.79. The summed E-state index contributed by atoms with van der Waals surface area (Å²) < 4.78 is 0. The van der Waals surface area contributed by atoms with Crippen molar-refractivity contribution in [2.75, 3.05) is 0 Å². The molecule has 11 heavy (non-hydrogen) atoms. The molecule has 3 atom stereocenters. The van der Waals surface area contributed by atoms with Gasteiger partial charge in [0.2, 0.25) is 0 Å². The molecule has 3 unspecified atom stereocenters. The summed E-state index contributed by atoms with van der Waals surface area (Å²) >= 11 is 0. The van der Waals surface area contributed by atoms with E-state index in [-0.39, 0.29) is 6.04 Å². The number of hydrogen-bond acceptors (Lipinski definition) is 2. The van der Waals surface area contributed by atoms with E-state index in [1.54, 1.807) is 0 Å². The van der Waals surface area contributed by atoms with E-state index < -0.39 is 0 Å². The predicted molar refractivity (Wildman–Crippen MR) is 44.7 cm³/mol. The van der Waals surface area contributed by atoms with Crippen LogP contribution in [-0.4, -0.2) is 6.04 Å². The Morgan fingerprint density at radius 3 is 2.64 bits per heavy atom. The Labute approximate surface area is 68.4 Å². The molecule has 0 amide bonds. The molecule has 0 bridgehead atoms. The van der Waals surface area contributed by atoms with Crippen molar-refractivity contribution in [3.8, 4) is 6.07 Å². The Hall–Kier alpha value is -0.550. The zero-order chi connectivity index (χ0) is 8.27. The SMILES string of the molecule is CC1CCCCC1C(N)C#N. The Kier molecular flexibility index (Phi) is 2.90. The zero-order valence-electron chi connectivity index (χ0n) is 7.09. The standard InChI is InChI=1S/C9H16N2/c1-7-4-2-3-5-8(7)9(11)6-10/h7-9H,2-5,11H2,1H3. The topological polar surface area (TPSA) is 49.8 Å². The van der Waals surface area contributed by atoms with Crippen molar-refractivity contribution in [2.45, 2.75) is 38.6 Å². The molecule has 1 aliphatic rings. The van der Waals surface area contributed by atoms with Gasteiger partial charge in [0.05, 0.1) is 12.1 Å².